The molecule has 1 aromatic carbocycles. The van der Waals surface area contributed by atoms with Gasteiger partial charge in [-0.05, 0) is 12.1 Å². The smallest absolute Gasteiger partial charge is 0.314 e. The Bertz CT molecular complexity index is 528. The van der Waals surface area contributed by atoms with Crippen molar-refractivity contribution < 1.29 is 19.1 Å². The fourth-order valence-corrected chi connectivity index (χ4v) is 1.73. The molecule has 2 aromatic rings. The molecule has 0 amide bonds. The molecule has 1 aromatic heterocycles. The van der Waals surface area contributed by atoms with E-state index >= 15 is 0 Å². The Morgan fingerprint density at radius 3 is 2.39 bits per heavy atom. The lowest BCUT2D eigenvalue weighted by Gasteiger charge is -2.08. The third kappa shape index (κ3) is 2.66. The topological polar surface area (TPSA) is 67.5 Å². The summed E-state index contributed by atoms with van der Waals surface area (Å²) in [5.74, 6) is -1.91. The van der Waals surface area contributed by atoms with Crippen molar-refractivity contribution in [2.45, 2.75) is 12.3 Å². The summed E-state index contributed by atoms with van der Waals surface area (Å²) in [5.41, 5.74) is 0.510. The number of furan rings is 1. The van der Waals surface area contributed by atoms with Crippen LogP contribution in [0.3, 0.4) is 0 Å². The number of hydrogen-bond donors (Lipinski definition) is 1. The number of rotatable bonds is 5. The fraction of sp³-hybridized carbons (Fsp3) is 0.143. The van der Waals surface area contributed by atoms with Gasteiger partial charge in [-0.2, -0.15) is 0 Å². The second-order valence-electron chi connectivity index (χ2n) is 3.90. The second-order valence-corrected chi connectivity index (χ2v) is 3.90. The zero-order valence-corrected chi connectivity index (χ0v) is 9.58. The van der Waals surface area contributed by atoms with Gasteiger partial charge in [-0.3, -0.25) is 9.59 Å². The number of hydrogen-bond acceptors (Lipinski definition) is 3. The van der Waals surface area contributed by atoms with E-state index in [0.29, 0.717) is 11.3 Å². The number of aliphatic carboxylic acids is 1. The maximum Gasteiger partial charge on any atom is 0.314 e. The van der Waals surface area contributed by atoms with Gasteiger partial charge in [0.1, 0.15) is 11.7 Å². The molecule has 0 aliphatic rings. The highest BCUT2D eigenvalue weighted by Crippen LogP contribution is 2.22. The van der Waals surface area contributed by atoms with Crippen LogP contribution in [0, 0.1) is 0 Å². The highest BCUT2D eigenvalue weighted by atomic mass is 16.4. The number of Topliss-reactive ketones (excluding diaryl/α,β-unsaturated/α-hetero) is 1. The van der Waals surface area contributed by atoms with E-state index in [4.69, 9.17) is 9.52 Å². The minimum Gasteiger partial charge on any atom is -0.481 e. The number of carbonyl (C=O) groups is 2. The van der Waals surface area contributed by atoms with E-state index in [1.807, 2.05) is 0 Å². The number of ketones is 1. The molecule has 1 atom stereocenters. The molecule has 0 bridgehead atoms. The fourth-order valence-electron chi connectivity index (χ4n) is 1.73. The number of carboxylic acid groups (broad SMARTS) is 1. The van der Waals surface area contributed by atoms with Gasteiger partial charge in [0.25, 0.3) is 0 Å². The minimum atomic E-state index is -1.06. The zero-order valence-electron chi connectivity index (χ0n) is 9.58. The van der Waals surface area contributed by atoms with Crippen LogP contribution in [0.4, 0.5) is 0 Å². The first-order valence-corrected chi connectivity index (χ1v) is 5.53. The molecule has 4 heteroatoms. The average Bonchev–Trinajstić information content (AvgIpc) is 2.90. The molecule has 4 nitrogen and oxygen atoms in total. The van der Waals surface area contributed by atoms with Crippen LogP contribution < -0.4 is 0 Å². The molecule has 0 radical (unpaired) electrons. The second kappa shape index (κ2) is 5.31. The van der Waals surface area contributed by atoms with Gasteiger partial charge in [0.15, 0.2) is 5.78 Å². The third-order valence-electron chi connectivity index (χ3n) is 2.67. The Hall–Kier alpha value is -2.36. The van der Waals surface area contributed by atoms with Crippen LogP contribution in [0.2, 0.25) is 0 Å². The maximum absolute atomic E-state index is 11.9. The molecule has 0 aliphatic carbocycles. The van der Waals surface area contributed by atoms with Gasteiger partial charge in [0.05, 0.1) is 6.26 Å². The van der Waals surface area contributed by atoms with Crippen LogP contribution in [-0.2, 0) is 4.79 Å². The molecule has 0 saturated heterocycles. The molecule has 92 valence electrons. The summed E-state index contributed by atoms with van der Waals surface area (Å²) in [7, 11) is 0. The van der Waals surface area contributed by atoms with Crippen LogP contribution in [0.1, 0.15) is 28.5 Å². The Kier molecular flexibility index (Phi) is 3.57. The van der Waals surface area contributed by atoms with Crippen molar-refractivity contribution in [1.29, 1.82) is 0 Å². The summed E-state index contributed by atoms with van der Waals surface area (Å²) in [5, 5.41) is 9.13. The normalized spacial score (nSPS) is 12.0. The summed E-state index contributed by atoms with van der Waals surface area (Å²) < 4.78 is 5.06. The van der Waals surface area contributed by atoms with Crippen molar-refractivity contribution in [3.8, 4) is 0 Å². The van der Waals surface area contributed by atoms with Crippen LogP contribution >= 0.6 is 0 Å². The Morgan fingerprint density at radius 2 is 1.83 bits per heavy atom. The molecule has 2 rings (SSSR count). The van der Waals surface area contributed by atoms with Gasteiger partial charge in [-0.15, -0.1) is 0 Å². The van der Waals surface area contributed by atoms with Crippen molar-refractivity contribution in [3.05, 3.63) is 60.1 Å². The summed E-state index contributed by atoms with van der Waals surface area (Å²) >= 11 is 0. The molecular weight excluding hydrogens is 232 g/mol. The molecule has 1 N–H and O–H groups in total. The van der Waals surface area contributed by atoms with Crippen molar-refractivity contribution in [1.82, 2.24) is 0 Å². The van der Waals surface area contributed by atoms with Crippen molar-refractivity contribution in [2.75, 3.05) is 0 Å². The van der Waals surface area contributed by atoms with Crippen LogP contribution in [0.5, 0.6) is 0 Å². The van der Waals surface area contributed by atoms with Crippen molar-refractivity contribution >= 4 is 11.8 Å². The highest BCUT2D eigenvalue weighted by Gasteiger charge is 2.26. The van der Waals surface area contributed by atoms with Gasteiger partial charge in [0.2, 0.25) is 0 Å². The lowest BCUT2D eigenvalue weighted by atomic mass is 9.96. The van der Waals surface area contributed by atoms with E-state index in [2.05, 4.69) is 0 Å². The predicted molar refractivity (Wildman–Crippen MR) is 64.5 cm³/mol. The summed E-state index contributed by atoms with van der Waals surface area (Å²) in [6, 6.07) is 11.8. The molecule has 0 saturated carbocycles. The van der Waals surface area contributed by atoms with Crippen LogP contribution in [-0.4, -0.2) is 16.9 Å². The van der Waals surface area contributed by atoms with Gasteiger partial charge in [-0.1, -0.05) is 30.3 Å². The molecule has 0 fully saturated rings. The standard InChI is InChI=1S/C14H12O4/c15-12(10-5-2-1-3-6-10)9-11(14(16)17)13-7-4-8-18-13/h1-8,11H,9H2,(H,16,17). The maximum atomic E-state index is 11.9. The number of benzene rings is 1. The molecule has 0 aliphatic heterocycles. The van der Waals surface area contributed by atoms with Gasteiger partial charge in [0, 0.05) is 12.0 Å². The molecule has 0 spiro atoms. The third-order valence-corrected chi connectivity index (χ3v) is 2.67. The summed E-state index contributed by atoms with van der Waals surface area (Å²) in [4.78, 5) is 23.1. The van der Waals surface area contributed by atoms with Crippen LogP contribution in [0.25, 0.3) is 0 Å². The summed E-state index contributed by atoms with van der Waals surface area (Å²) in [6.45, 7) is 0. The number of carboxylic acids is 1. The first-order valence-electron chi connectivity index (χ1n) is 5.53. The van der Waals surface area contributed by atoms with Gasteiger partial charge < -0.3 is 9.52 Å². The lowest BCUT2D eigenvalue weighted by Crippen LogP contribution is -2.15. The first kappa shape index (κ1) is 12.1. The lowest BCUT2D eigenvalue weighted by molar-refractivity contribution is -0.139. The van der Waals surface area contributed by atoms with E-state index in [1.165, 1.54) is 6.26 Å². The number of carbonyl (C=O) groups excluding carboxylic acids is 1. The monoisotopic (exact) mass is 244 g/mol. The highest BCUT2D eigenvalue weighted by molar-refractivity contribution is 5.98. The van der Waals surface area contributed by atoms with Gasteiger partial charge >= 0.3 is 5.97 Å². The Labute approximate surface area is 104 Å². The van der Waals surface area contributed by atoms with Crippen molar-refractivity contribution in [2.24, 2.45) is 0 Å². The minimum absolute atomic E-state index is 0.104. The van der Waals surface area contributed by atoms with E-state index < -0.39 is 11.9 Å². The molecular formula is C14H12O4. The van der Waals surface area contributed by atoms with E-state index in [-0.39, 0.29) is 12.2 Å². The largest absolute Gasteiger partial charge is 0.481 e. The molecule has 18 heavy (non-hydrogen) atoms. The van der Waals surface area contributed by atoms with Gasteiger partial charge in [-0.25, -0.2) is 0 Å². The SMILES string of the molecule is O=C(CC(C(=O)O)c1ccco1)c1ccccc1. The molecule has 1 heterocycles. The van der Waals surface area contributed by atoms with E-state index in [1.54, 1.807) is 42.5 Å². The van der Waals surface area contributed by atoms with Crippen LogP contribution in [0.15, 0.2) is 53.1 Å². The zero-order chi connectivity index (χ0) is 13.0. The Balaban J connectivity index is 2.16. The van der Waals surface area contributed by atoms with E-state index in [9.17, 15) is 9.59 Å². The van der Waals surface area contributed by atoms with Crippen molar-refractivity contribution in [3.63, 3.8) is 0 Å². The Morgan fingerprint density at radius 1 is 1.11 bits per heavy atom. The van der Waals surface area contributed by atoms with E-state index in [0.717, 1.165) is 0 Å². The molecule has 1 unspecified atom stereocenters. The predicted octanol–water partition coefficient (Wildman–Crippen LogP) is 2.72. The summed E-state index contributed by atoms with van der Waals surface area (Å²) in [6.07, 6.45) is 1.30. The first-order chi connectivity index (χ1) is 8.68. The quantitative estimate of drug-likeness (QED) is 0.821. The average molecular weight is 244 g/mol.